The summed E-state index contributed by atoms with van der Waals surface area (Å²) >= 11 is 5.83. The van der Waals surface area contributed by atoms with Gasteiger partial charge in [0.05, 0.1) is 18.7 Å². The van der Waals surface area contributed by atoms with Gasteiger partial charge in [0.2, 0.25) is 11.8 Å². The number of ether oxygens (including phenoxy) is 1. The van der Waals surface area contributed by atoms with Gasteiger partial charge in [-0.1, -0.05) is 53.6 Å². The second-order valence-electron chi connectivity index (χ2n) is 6.12. The number of carbonyl (C=O) groups is 1. The molecule has 0 fully saturated rings. The van der Waals surface area contributed by atoms with Crippen LogP contribution in [-0.4, -0.2) is 29.3 Å². The predicted molar refractivity (Wildman–Crippen MR) is 106 cm³/mol. The van der Waals surface area contributed by atoms with Crippen LogP contribution in [0.15, 0.2) is 60.7 Å². The highest BCUT2D eigenvalue weighted by molar-refractivity contribution is 6.30. The number of halogens is 1. The Labute approximate surface area is 163 Å². The Morgan fingerprint density at radius 3 is 2.41 bits per heavy atom. The molecular formula is C21H20ClN3O2. The van der Waals surface area contributed by atoms with Crippen LogP contribution >= 0.6 is 11.6 Å². The fraction of sp³-hybridized carbons (Fsp3) is 0.190. The largest absolute Gasteiger partial charge is 0.475 e. The van der Waals surface area contributed by atoms with Crippen molar-refractivity contribution in [1.29, 1.82) is 0 Å². The molecule has 138 valence electrons. The molecule has 2 aromatic carbocycles. The van der Waals surface area contributed by atoms with E-state index in [4.69, 9.17) is 16.3 Å². The van der Waals surface area contributed by atoms with Crippen LogP contribution in [0.3, 0.4) is 0 Å². The van der Waals surface area contributed by atoms with Gasteiger partial charge in [0.25, 0.3) is 0 Å². The van der Waals surface area contributed by atoms with Crippen molar-refractivity contribution in [3.05, 3.63) is 76.8 Å². The zero-order valence-electron chi connectivity index (χ0n) is 15.0. The molecule has 27 heavy (non-hydrogen) atoms. The lowest BCUT2D eigenvalue weighted by Gasteiger charge is -2.07. The molecular weight excluding hydrogens is 362 g/mol. The summed E-state index contributed by atoms with van der Waals surface area (Å²) in [6, 6.07) is 18.9. The molecule has 0 atom stereocenters. The molecule has 5 nitrogen and oxygen atoms in total. The number of benzene rings is 2. The van der Waals surface area contributed by atoms with Crippen LogP contribution in [0.1, 0.15) is 11.1 Å². The Bertz CT molecular complexity index is 879. The number of carbonyl (C=O) groups excluding carboxylic acids is 1. The highest BCUT2D eigenvalue weighted by Crippen LogP contribution is 2.18. The summed E-state index contributed by atoms with van der Waals surface area (Å²) in [5, 5.41) is 11.7. The van der Waals surface area contributed by atoms with Gasteiger partial charge in [-0.3, -0.25) is 4.79 Å². The van der Waals surface area contributed by atoms with Crippen molar-refractivity contribution in [3.63, 3.8) is 0 Å². The fourth-order valence-corrected chi connectivity index (χ4v) is 2.60. The molecule has 1 heterocycles. The topological polar surface area (TPSA) is 64.1 Å². The Morgan fingerprint density at radius 1 is 1.00 bits per heavy atom. The lowest BCUT2D eigenvalue weighted by Crippen LogP contribution is -2.29. The zero-order chi connectivity index (χ0) is 19.1. The van der Waals surface area contributed by atoms with Gasteiger partial charge >= 0.3 is 0 Å². The van der Waals surface area contributed by atoms with Crippen LogP contribution < -0.4 is 10.1 Å². The van der Waals surface area contributed by atoms with Gasteiger partial charge in [-0.2, -0.15) is 0 Å². The molecule has 0 spiro atoms. The summed E-state index contributed by atoms with van der Waals surface area (Å²) in [6.07, 6.45) is 0.308. The summed E-state index contributed by atoms with van der Waals surface area (Å²) in [4.78, 5) is 11.9. The molecule has 0 saturated carbocycles. The van der Waals surface area contributed by atoms with Crippen molar-refractivity contribution in [2.24, 2.45) is 0 Å². The van der Waals surface area contributed by atoms with Crippen molar-refractivity contribution in [2.75, 3.05) is 13.2 Å². The van der Waals surface area contributed by atoms with E-state index in [2.05, 4.69) is 15.5 Å². The van der Waals surface area contributed by atoms with Crippen LogP contribution in [0.25, 0.3) is 11.3 Å². The average Bonchev–Trinajstić information content (AvgIpc) is 2.68. The van der Waals surface area contributed by atoms with E-state index in [0.29, 0.717) is 30.5 Å². The third-order valence-corrected chi connectivity index (χ3v) is 4.19. The van der Waals surface area contributed by atoms with Crippen molar-refractivity contribution in [2.45, 2.75) is 13.3 Å². The van der Waals surface area contributed by atoms with E-state index in [0.717, 1.165) is 16.8 Å². The van der Waals surface area contributed by atoms with Gasteiger partial charge in [0.1, 0.15) is 6.61 Å². The van der Waals surface area contributed by atoms with Gasteiger partial charge in [0, 0.05) is 16.7 Å². The molecule has 0 aliphatic carbocycles. The van der Waals surface area contributed by atoms with Crippen LogP contribution in [0.4, 0.5) is 0 Å². The quantitative estimate of drug-likeness (QED) is 0.631. The Kier molecular flexibility index (Phi) is 6.39. The third-order valence-electron chi connectivity index (χ3n) is 3.94. The second kappa shape index (κ2) is 9.14. The maximum Gasteiger partial charge on any atom is 0.233 e. The Hall–Kier alpha value is -2.92. The molecule has 1 amide bonds. The lowest BCUT2D eigenvalue weighted by atomic mass is 10.1. The zero-order valence-corrected chi connectivity index (χ0v) is 15.7. The summed E-state index contributed by atoms with van der Waals surface area (Å²) in [6.45, 7) is 2.76. The van der Waals surface area contributed by atoms with Crippen LogP contribution in [0.5, 0.6) is 5.88 Å². The third kappa shape index (κ3) is 5.79. The normalized spacial score (nSPS) is 10.4. The summed E-state index contributed by atoms with van der Waals surface area (Å²) in [5.41, 5.74) is 3.91. The van der Waals surface area contributed by atoms with E-state index in [-0.39, 0.29) is 5.91 Å². The van der Waals surface area contributed by atoms with Crippen molar-refractivity contribution >= 4 is 17.5 Å². The van der Waals surface area contributed by atoms with E-state index >= 15 is 0 Å². The van der Waals surface area contributed by atoms with E-state index in [1.54, 1.807) is 18.2 Å². The predicted octanol–water partition coefficient (Wildman–Crippen LogP) is 3.84. The molecule has 0 aliphatic rings. The molecule has 1 aromatic heterocycles. The molecule has 1 N–H and O–H groups in total. The first-order valence-corrected chi connectivity index (χ1v) is 9.03. The van der Waals surface area contributed by atoms with E-state index in [1.165, 1.54) is 5.56 Å². The second-order valence-corrected chi connectivity index (χ2v) is 6.56. The van der Waals surface area contributed by atoms with E-state index in [1.807, 2.05) is 49.4 Å². The smallest absolute Gasteiger partial charge is 0.233 e. The highest BCUT2D eigenvalue weighted by Gasteiger charge is 2.04. The van der Waals surface area contributed by atoms with Gasteiger partial charge in [-0.25, -0.2) is 0 Å². The fourth-order valence-electron chi connectivity index (χ4n) is 2.47. The van der Waals surface area contributed by atoms with Gasteiger partial charge in [-0.15, -0.1) is 10.2 Å². The summed E-state index contributed by atoms with van der Waals surface area (Å²) < 4.78 is 5.53. The Balaban J connectivity index is 1.41. The van der Waals surface area contributed by atoms with Crippen LogP contribution in [-0.2, 0) is 11.2 Å². The van der Waals surface area contributed by atoms with Gasteiger partial charge in [-0.05, 0) is 30.7 Å². The lowest BCUT2D eigenvalue weighted by molar-refractivity contribution is -0.120. The monoisotopic (exact) mass is 381 g/mol. The number of aromatic nitrogens is 2. The van der Waals surface area contributed by atoms with E-state index < -0.39 is 0 Å². The van der Waals surface area contributed by atoms with Crippen molar-refractivity contribution < 1.29 is 9.53 Å². The number of hydrogen-bond acceptors (Lipinski definition) is 4. The minimum atomic E-state index is -0.0678. The SMILES string of the molecule is Cc1ccc(-c2ccc(OCCNC(=O)Cc3ccc(Cl)cc3)nn2)cc1. The maximum atomic E-state index is 11.9. The first kappa shape index (κ1) is 18.9. The molecule has 0 aliphatic heterocycles. The highest BCUT2D eigenvalue weighted by atomic mass is 35.5. The number of nitrogens with zero attached hydrogens (tertiary/aromatic N) is 2. The number of hydrogen-bond donors (Lipinski definition) is 1. The number of amides is 1. The first-order valence-electron chi connectivity index (χ1n) is 8.65. The Morgan fingerprint density at radius 2 is 1.74 bits per heavy atom. The molecule has 0 saturated heterocycles. The maximum absolute atomic E-state index is 11.9. The number of aryl methyl sites for hydroxylation is 1. The van der Waals surface area contributed by atoms with Crippen molar-refractivity contribution in [3.8, 4) is 17.1 Å². The molecule has 0 bridgehead atoms. The molecule has 3 aromatic rings. The average molecular weight is 382 g/mol. The van der Waals surface area contributed by atoms with E-state index in [9.17, 15) is 4.79 Å². The number of nitrogens with one attached hydrogen (secondary N) is 1. The van der Waals surface area contributed by atoms with Crippen molar-refractivity contribution in [1.82, 2.24) is 15.5 Å². The molecule has 0 unspecified atom stereocenters. The molecule has 0 radical (unpaired) electrons. The first-order chi connectivity index (χ1) is 13.1. The minimum absolute atomic E-state index is 0.0678. The number of rotatable bonds is 7. The molecule has 6 heteroatoms. The van der Waals surface area contributed by atoms with Gasteiger partial charge in [0.15, 0.2) is 0 Å². The summed E-state index contributed by atoms with van der Waals surface area (Å²) in [7, 11) is 0. The van der Waals surface area contributed by atoms with Crippen LogP contribution in [0, 0.1) is 6.92 Å². The standard InChI is InChI=1S/C21H20ClN3O2/c1-15-2-6-17(7-3-15)19-10-11-21(25-24-19)27-13-12-23-20(26)14-16-4-8-18(22)9-5-16/h2-11H,12-14H2,1H3,(H,23,26). The van der Waals surface area contributed by atoms with Crippen LogP contribution in [0.2, 0.25) is 5.02 Å². The molecule has 3 rings (SSSR count). The summed E-state index contributed by atoms with van der Waals surface area (Å²) in [5.74, 6) is 0.361. The minimum Gasteiger partial charge on any atom is -0.475 e. The van der Waals surface area contributed by atoms with Gasteiger partial charge < -0.3 is 10.1 Å².